The van der Waals surface area contributed by atoms with Crippen molar-refractivity contribution in [2.45, 2.75) is 59.4 Å². The van der Waals surface area contributed by atoms with Gasteiger partial charge >= 0.3 is 0 Å². The summed E-state index contributed by atoms with van der Waals surface area (Å²) in [5.41, 5.74) is 0.0801. The smallest absolute Gasteiger partial charge is 0.242 e. The van der Waals surface area contributed by atoms with Crippen LogP contribution < -0.4 is 5.32 Å². The third kappa shape index (κ3) is 4.00. The molecule has 1 fully saturated rings. The minimum Gasteiger partial charge on any atom is -0.345 e. The summed E-state index contributed by atoms with van der Waals surface area (Å²) in [6.45, 7) is 9.16. The molecule has 4 nitrogen and oxygen atoms in total. The van der Waals surface area contributed by atoms with E-state index in [0.29, 0.717) is 6.54 Å². The number of nitrogens with zero attached hydrogens (tertiary/aromatic N) is 1. The van der Waals surface area contributed by atoms with Crippen molar-refractivity contribution in [2.24, 2.45) is 5.41 Å². The van der Waals surface area contributed by atoms with Gasteiger partial charge in [-0.05, 0) is 18.8 Å². The number of piperazine rings is 1. The molecule has 0 aromatic heterocycles. The van der Waals surface area contributed by atoms with Crippen LogP contribution in [-0.2, 0) is 9.59 Å². The highest BCUT2D eigenvalue weighted by Gasteiger charge is 2.34. The molecule has 1 saturated heterocycles. The molecule has 0 spiro atoms. The summed E-state index contributed by atoms with van der Waals surface area (Å²) in [6, 6.07) is -0.336. The summed E-state index contributed by atoms with van der Waals surface area (Å²) in [7, 11) is 0. The Balaban J connectivity index is 2.57. The highest BCUT2D eigenvalue weighted by molar-refractivity contribution is 5.94. The maximum Gasteiger partial charge on any atom is 0.242 e. The number of carbonyl (C=O) groups is 2. The molecule has 1 aliphatic rings. The van der Waals surface area contributed by atoms with Gasteiger partial charge in [-0.3, -0.25) is 9.59 Å². The summed E-state index contributed by atoms with van der Waals surface area (Å²) < 4.78 is 0. The second-order valence-electron chi connectivity index (χ2n) is 6.04. The summed E-state index contributed by atoms with van der Waals surface area (Å²) in [6.07, 6.45) is 4.72. The summed E-state index contributed by atoms with van der Waals surface area (Å²) in [4.78, 5) is 25.2. The van der Waals surface area contributed by atoms with Crippen LogP contribution in [0.15, 0.2) is 0 Å². The fraction of sp³-hybridized carbons (Fsp3) is 0.857. The lowest BCUT2D eigenvalue weighted by Gasteiger charge is -2.38. The van der Waals surface area contributed by atoms with E-state index in [0.717, 1.165) is 6.42 Å². The summed E-state index contributed by atoms with van der Waals surface area (Å²) in [5, 5.41) is 2.62. The standard InChI is InChI=1S/C14H26N2O2/c1-5-6-7-8-14(3,4)10-16-11(2)13(18)15-9-12(16)17/h11H,5-10H2,1-4H3,(H,15,18). The first kappa shape index (κ1) is 15.0. The average molecular weight is 254 g/mol. The predicted octanol–water partition coefficient (Wildman–Crippen LogP) is 1.94. The van der Waals surface area contributed by atoms with Gasteiger partial charge in [0.2, 0.25) is 11.8 Å². The van der Waals surface area contributed by atoms with Crippen molar-refractivity contribution in [3.8, 4) is 0 Å². The van der Waals surface area contributed by atoms with Gasteiger partial charge in [0.15, 0.2) is 0 Å². The molecule has 104 valence electrons. The molecule has 0 aromatic carbocycles. The maximum atomic E-state index is 11.9. The van der Waals surface area contributed by atoms with Gasteiger partial charge < -0.3 is 10.2 Å². The van der Waals surface area contributed by atoms with E-state index in [9.17, 15) is 9.59 Å². The Labute approximate surface area is 110 Å². The second-order valence-corrected chi connectivity index (χ2v) is 6.04. The maximum absolute atomic E-state index is 11.9. The number of carbonyl (C=O) groups excluding carboxylic acids is 2. The van der Waals surface area contributed by atoms with Crippen LogP contribution in [0.1, 0.15) is 53.4 Å². The van der Waals surface area contributed by atoms with E-state index in [1.165, 1.54) is 19.3 Å². The van der Waals surface area contributed by atoms with Crippen molar-refractivity contribution in [3.63, 3.8) is 0 Å². The van der Waals surface area contributed by atoms with Gasteiger partial charge in [-0.1, -0.05) is 40.0 Å². The van der Waals surface area contributed by atoms with Crippen molar-refractivity contribution >= 4 is 11.8 Å². The van der Waals surface area contributed by atoms with Crippen molar-refractivity contribution in [2.75, 3.05) is 13.1 Å². The van der Waals surface area contributed by atoms with Gasteiger partial charge in [-0.2, -0.15) is 0 Å². The minimum atomic E-state index is -0.336. The zero-order chi connectivity index (χ0) is 13.8. The van der Waals surface area contributed by atoms with Crippen LogP contribution in [0.4, 0.5) is 0 Å². The minimum absolute atomic E-state index is 0.0330. The molecule has 1 unspecified atom stereocenters. The fourth-order valence-corrected chi connectivity index (χ4v) is 2.39. The van der Waals surface area contributed by atoms with E-state index < -0.39 is 0 Å². The molecule has 1 rings (SSSR count). The molecule has 0 aliphatic carbocycles. The van der Waals surface area contributed by atoms with Crippen LogP contribution in [0.25, 0.3) is 0 Å². The van der Waals surface area contributed by atoms with Crippen molar-refractivity contribution in [1.82, 2.24) is 10.2 Å². The van der Waals surface area contributed by atoms with Crippen molar-refractivity contribution in [1.29, 1.82) is 0 Å². The highest BCUT2D eigenvalue weighted by atomic mass is 16.2. The van der Waals surface area contributed by atoms with Gasteiger partial charge in [0.25, 0.3) is 0 Å². The lowest BCUT2D eigenvalue weighted by Crippen LogP contribution is -2.58. The first-order chi connectivity index (χ1) is 8.37. The Morgan fingerprint density at radius 3 is 2.61 bits per heavy atom. The quantitative estimate of drug-likeness (QED) is 0.736. The monoisotopic (exact) mass is 254 g/mol. The average Bonchev–Trinajstić information content (AvgIpc) is 2.30. The van der Waals surface area contributed by atoms with Crippen LogP contribution in [0.5, 0.6) is 0 Å². The van der Waals surface area contributed by atoms with Gasteiger partial charge in [0.1, 0.15) is 6.04 Å². The van der Waals surface area contributed by atoms with Gasteiger partial charge in [-0.15, -0.1) is 0 Å². The number of amides is 2. The molecule has 1 N–H and O–H groups in total. The molecule has 1 aliphatic heterocycles. The Morgan fingerprint density at radius 1 is 1.33 bits per heavy atom. The number of nitrogens with one attached hydrogen (secondary N) is 1. The molecular weight excluding hydrogens is 228 g/mol. The molecule has 0 aromatic rings. The molecule has 0 radical (unpaired) electrons. The van der Waals surface area contributed by atoms with Crippen LogP contribution >= 0.6 is 0 Å². The number of hydrogen-bond acceptors (Lipinski definition) is 2. The lowest BCUT2D eigenvalue weighted by molar-refractivity contribution is -0.146. The number of rotatable bonds is 6. The third-order valence-electron chi connectivity index (χ3n) is 3.64. The van der Waals surface area contributed by atoms with E-state index in [1.54, 1.807) is 11.8 Å². The Bertz CT molecular complexity index is 313. The molecule has 2 amide bonds. The Hall–Kier alpha value is -1.06. The van der Waals surface area contributed by atoms with Crippen LogP contribution in [0.2, 0.25) is 0 Å². The number of unbranched alkanes of at least 4 members (excludes halogenated alkanes) is 2. The second kappa shape index (κ2) is 6.21. The van der Waals surface area contributed by atoms with Gasteiger partial charge in [-0.25, -0.2) is 0 Å². The molecule has 18 heavy (non-hydrogen) atoms. The van der Waals surface area contributed by atoms with Crippen LogP contribution in [0, 0.1) is 5.41 Å². The molecular formula is C14H26N2O2. The first-order valence-electron chi connectivity index (χ1n) is 6.94. The molecule has 1 atom stereocenters. The van der Waals surface area contributed by atoms with Crippen LogP contribution in [-0.4, -0.2) is 35.8 Å². The summed E-state index contributed by atoms with van der Waals surface area (Å²) in [5.74, 6) is -0.00961. The largest absolute Gasteiger partial charge is 0.345 e. The highest BCUT2D eigenvalue weighted by Crippen LogP contribution is 2.26. The van der Waals surface area contributed by atoms with E-state index in [-0.39, 0.29) is 29.8 Å². The first-order valence-corrected chi connectivity index (χ1v) is 6.94. The van der Waals surface area contributed by atoms with E-state index in [4.69, 9.17) is 0 Å². The third-order valence-corrected chi connectivity index (χ3v) is 3.64. The molecule has 0 saturated carbocycles. The summed E-state index contributed by atoms with van der Waals surface area (Å²) >= 11 is 0. The zero-order valence-corrected chi connectivity index (χ0v) is 12.1. The van der Waals surface area contributed by atoms with Gasteiger partial charge in [0.05, 0.1) is 6.54 Å². The van der Waals surface area contributed by atoms with E-state index >= 15 is 0 Å². The normalized spacial score (nSPS) is 21.1. The van der Waals surface area contributed by atoms with Crippen molar-refractivity contribution < 1.29 is 9.59 Å². The molecule has 4 heteroatoms. The zero-order valence-electron chi connectivity index (χ0n) is 12.1. The Kier molecular flexibility index (Phi) is 5.17. The van der Waals surface area contributed by atoms with E-state index in [1.807, 2.05) is 0 Å². The predicted molar refractivity (Wildman–Crippen MR) is 72.1 cm³/mol. The topological polar surface area (TPSA) is 49.4 Å². The molecule has 0 bridgehead atoms. The SMILES string of the molecule is CCCCCC(C)(C)CN1C(=O)CNC(=O)C1C. The van der Waals surface area contributed by atoms with Gasteiger partial charge in [0, 0.05) is 6.54 Å². The Morgan fingerprint density at radius 2 is 2.00 bits per heavy atom. The molecule has 1 heterocycles. The number of hydrogen-bond donors (Lipinski definition) is 1. The van der Waals surface area contributed by atoms with Crippen LogP contribution in [0.3, 0.4) is 0 Å². The lowest BCUT2D eigenvalue weighted by atomic mass is 9.85. The van der Waals surface area contributed by atoms with Crippen molar-refractivity contribution in [3.05, 3.63) is 0 Å². The fourth-order valence-electron chi connectivity index (χ4n) is 2.39. The van der Waals surface area contributed by atoms with E-state index in [2.05, 4.69) is 26.1 Å².